The van der Waals surface area contributed by atoms with E-state index in [0.717, 1.165) is 37.1 Å². The van der Waals surface area contributed by atoms with Crippen LogP contribution in [0.1, 0.15) is 60.3 Å². The molecule has 8 heteroatoms. The number of methoxy groups -OCH3 is 1. The van der Waals surface area contributed by atoms with Gasteiger partial charge in [0.1, 0.15) is 17.2 Å². The number of nitrogens with one attached hydrogen (secondary N) is 3. The first-order chi connectivity index (χ1) is 13.0. The Balaban J connectivity index is 2.61. The van der Waals surface area contributed by atoms with Crippen LogP contribution >= 0.6 is 11.6 Å². The van der Waals surface area contributed by atoms with Crippen LogP contribution in [0.2, 0.25) is 0 Å². The third-order valence-corrected chi connectivity index (χ3v) is 4.55. The lowest BCUT2D eigenvalue weighted by Crippen LogP contribution is -2.43. The number of rotatable bonds is 7. The third kappa shape index (κ3) is 9.35. The Morgan fingerprint density at radius 1 is 1.07 bits per heavy atom. The molecule has 3 N–H and O–H groups in total. The van der Waals surface area contributed by atoms with Crippen LogP contribution in [0.25, 0.3) is 0 Å². The second kappa shape index (κ2) is 11.2. The van der Waals surface area contributed by atoms with Crippen LogP contribution in [-0.4, -0.2) is 42.7 Å². The minimum atomic E-state index is -0.497. The second-order valence-corrected chi connectivity index (χ2v) is 8.29. The van der Waals surface area contributed by atoms with Gasteiger partial charge < -0.3 is 25.4 Å². The number of alkyl halides is 1. The number of ether oxygens (including phenoxy) is 2. The Hall–Kier alpha value is -1.89. The molecule has 1 rings (SSSR count). The SMILES string of the molecule is CO/C(C)=C(/C=C(\C)NC(=O)CCl)N[C@H]1CC[C@H](NC(=O)OC(C)(C)C)CC1. The fourth-order valence-corrected chi connectivity index (χ4v) is 3.00. The lowest BCUT2D eigenvalue weighted by atomic mass is 9.91. The van der Waals surface area contributed by atoms with Crippen molar-refractivity contribution in [3.63, 3.8) is 0 Å². The molecule has 0 spiro atoms. The van der Waals surface area contributed by atoms with E-state index in [1.165, 1.54) is 0 Å². The van der Waals surface area contributed by atoms with E-state index >= 15 is 0 Å². The summed E-state index contributed by atoms with van der Waals surface area (Å²) in [5.41, 5.74) is 1.01. The molecule has 0 bridgehead atoms. The summed E-state index contributed by atoms with van der Waals surface area (Å²) in [5.74, 6) is 0.391. The van der Waals surface area contributed by atoms with Crippen LogP contribution < -0.4 is 16.0 Å². The fraction of sp³-hybridized carbons (Fsp3) is 0.700. The highest BCUT2D eigenvalue weighted by Crippen LogP contribution is 2.21. The monoisotopic (exact) mass is 415 g/mol. The Labute approximate surface area is 173 Å². The van der Waals surface area contributed by atoms with E-state index in [1.54, 1.807) is 14.0 Å². The molecule has 0 unspecified atom stereocenters. The molecule has 0 atom stereocenters. The van der Waals surface area contributed by atoms with Crippen molar-refractivity contribution in [1.82, 2.24) is 16.0 Å². The van der Waals surface area contributed by atoms with Crippen LogP contribution in [0, 0.1) is 0 Å². The molecule has 7 nitrogen and oxygen atoms in total. The molecular formula is C20H34ClN3O4. The summed E-state index contributed by atoms with van der Waals surface area (Å²) in [6.45, 7) is 9.22. The largest absolute Gasteiger partial charge is 0.499 e. The highest BCUT2D eigenvalue weighted by Gasteiger charge is 2.25. The maximum atomic E-state index is 11.9. The van der Waals surface area contributed by atoms with Crippen molar-refractivity contribution in [3.8, 4) is 0 Å². The van der Waals surface area contributed by atoms with E-state index in [4.69, 9.17) is 21.1 Å². The van der Waals surface area contributed by atoms with Gasteiger partial charge in [-0.2, -0.15) is 0 Å². The van der Waals surface area contributed by atoms with Crippen LogP contribution in [0.5, 0.6) is 0 Å². The predicted molar refractivity (Wildman–Crippen MR) is 111 cm³/mol. The van der Waals surface area contributed by atoms with Gasteiger partial charge in [0.2, 0.25) is 5.91 Å². The Morgan fingerprint density at radius 3 is 2.07 bits per heavy atom. The minimum Gasteiger partial charge on any atom is -0.499 e. The van der Waals surface area contributed by atoms with Crippen molar-refractivity contribution in [3.05, 3.63) is 23.2 Å². The number of hydrogen-bond donors (Lipinski definition) is 3. The molecule has 0 heterocycles. The van der Waals surface area contributed by atoms with E-state index in [1.807, 2.05) is 33.8 Å². The summed E-state index contributed by atoms with van der Waals surface area (Å²) in [4.78, 5) is 23.4. The first-order valence-corrected chi connectivity index (χ1v) is 10.1. The molecular weight excluding hydrogens is 382 g/mol. The lowest BCUT2D eigenvalue weighted by molar-refractivity contribution is -0.117. The summed E-state index contributed by atoms with van der Waals surface area (Å²) in [6, 6.07) is 0.369. The van der Waals surface area contributed by atoms with Gasteiger partial charge in [0.05, 0.1) is 12.8 Å². The van der Waals surface area contributed by atoms with Crippen LogP contribution in [0.15, 0.2) is 23.2 Å². The van der Waals surface area contributed by atoms with Crippen molar-refractivity contribution >= 4 is 23.6 Å². The zero-order chi connectivity index (χ0) is 21.3. The van der Waals surface area contributed by atoms with Crippen LogP contribution in [-0.2, 0) is 14.3 Å². The highest BCUT2D eigenvalue weighted by atomic mass is 35.5. The Kier molecular flexibility index (Phi) is 9.65. The van der Waals surface area contributed by atoms with Gasteiger partial charge in [0.25, 0.3) is 0 Å². The zero-order valence-corrected chi connectivity index (χ0v) is 18.5. The molecule has 0 radical (unpaired) electrons. The van der Waals surface area contributed by atoms with Gasteiger partial charge in [-0.15, -0.1) is 11.6 Å². The smallest absolute Gasteiger partial charge is 0.407 e. The van der Waals surface area contributed by atoms with Gasteiger partial charge >= 0.3 is 6.09 Å². The Bertz CT molecular complexity index is 603. The quantitative estimate of drug-likeness (QED) is 0.336. The maximum Gasteiger partial charge on any atom is 0.407 e. The Morgan fingerprint density at radius 2 is 1.61 bits per heavy atom. The number of allylic oxidation sites excluding steroid dienone is 3. The van der Waals surface area contributed by atoms with Crippen molar-refractivity contribution in [2.75, 3.05) is 13.0 Å². The highest BCUT2D eigenvalue weighted by molar-refractivity contribution is 6.27. The molecule has 2 amide bonds. The lowest BCUT2D eigenvalue weighted by Gasteiger charge is -2.31. The number of hydrogen-bond acceptors (Lipinski definition) is 5. The first kappa shape index (κ1) is 24.1. The molecule has 0 aromatic heterocycles. The maximum absolute atomic E-state index is 11.9. The molecule has 1 fully saturated rings. The molecule has 28 heavy (non-hydrogen) atoms. The molecule has 0 aromatic rings. The van der Waals surface area contributed by atoms with Gasteiger partial charge in [-0.1, -0.05) is 0 Å². The second-order valence-electron chi connectivity index (χ2n) is 8.02. The first-order valence-electron chi connectivity index (χ1n) is 9.59. The summed E-state index contributed by atoms with van der Waals surface area (Å²) < 4.78 is 10.7. The summed E-state index contributed by atoms with van der Waals surface area (Å²) in [5, 5.41) is 9.16. The van der Waals surface area contributed by atoms with Crippen molar-refractivity contribution in [2.45, 2.75) is 78.0 Å². The molecule has 1 aliphatic carbocycles. The summed E-state index contributed by atoms with van der Waals surface area (Å²) in [7, 11) is 1.61. The zero-order valence-electron chi connectivity index (χ0n) is 17.8. The number of amides is 2. The molecule has 0 aromatic carbocycles. The van der Waals surface area contributed by atoms with E-state index in [2.05, 4.69) is 16.0 Å². The van der Waals surface area contributed by atoms with Gasteiger partial charge in [-0.25, -0.2) is 4.79 Å². The molecule has 1 aliphatic rings. The van der Waals surface area contributed by atoms with Crippen molar-refractivity contribution < 1.29 is 19.1 Å². The van der Waals surface area contributed by atoms with E-state index in [9.17, 15) is 9.59 Å². The molecule has 160 valence electrons. The van der Waals surface area contributed by atoms with Crippen molar-refractivity contribution in [1.29, 1.82) is 0 Å². The summed E-state index contributed by atoms with van der Waals surface area (Å²) >= 11 is 5.53. The van der Waals surface area contributed by atoms with Crippen molar-refractivity contribution in [2.24, 2.45) is 0 Å². The predicted octanol–water partition coefficient (Wildman–Crippen LogP) is 3.55. The number of carbonyl (C=O) groups excluding carboxylic acids is 2. The third-order valence-electron chi connectivity index (χ3n) is 4.31. The van der Waals surface area contributed by atoms with Gasteiger partial charge in [-0.05, 0) is 66.4 Å². The molecule has 1 saturated carbocycles. The van der Waals surface area contributed by atoms with E-state index < -0.39 is 5.60 Å². The van der Waals surface area contributed by atoms with Gasteiger partial charge in [-0.3, -0.25) is 4.79 Å². The van der Waals surface area contributed by atoms with Gasteiger partial charge in [0, 0.05) is 17.8 Å². The fourth-order valence-electron chi connectivity index (χ4n) is 2.94. The number of carbonyl (C=O) groups is 2. The van der Waals surface area contributed by atoms with Crippen LogP contribution in [0.4, 0.5) is 4.79 Å². The van der Waals surface area contributed by atoms with Gasteiger partial charge in [0.15, 0.2) is 0 Å². The summed E-state index contributed by atoms with van der Waals surface area (Å²) in [6.07, 6.45) is 5.01. The number of halogens is 1. The average Bonchev–Trinajstić information content (AvgIpc) is 2.60. The normalized spacial score (nSPS) is 21.3. The molecule has 0 aliphatic heterocycles. The van der Waals surface area contributed by atoms with Crippen LogP contribution in [0.3, 0.4) is 0 Å². The standard InChI is InChI=1S/C20H34ClN3O4/c1-13(22-18(25)12-21)11-17(14(2)27-6)23-15-7-9-16(10-8-15)24-19(26)28-20(3,4)5/h11,15-16,23H,7-10,12H2,1-6H3,(H,22,25)(H,24,26)/b13-11+,17-14-/t15-,16-. The minimum absolute atomic E-state index is 0.0877. The average molecular weight is 416 g/mol. The van der Waals surface area contributed by atoms with E-state index in [-0.39, 0.29) is 30.0 Å². The van der Waals surface area contributed by atoms with E-state index in [0.29, 0.717) is 5.70 Å². The topological polar surface area (TPSA) is 88.7 Å². The number of alkyl carbamates (subject to hydrolysis) is 1. The molecule has 0 saturated heterocycles.